The minimum Gasteiger partial charge on any atom is -0.458 e. The van der Waals surface area contributed by atoms with Crippen molar-refractivity contribution in [2.75, 3.05) is 13.2 Å². The van der Waals surface area contributed by atoms with Gasteiger partial charge in [0.25, 0.3) is 11.8 Å². The number of carbonyl (C=O) groups excluding carboxylic acids is 4. The fourth-order valence-corrected chi connectivity index (χ4v) is 1.37. The Bertz CT molecular complexity index is 408. The van der Waals surface area contributed by atoms with Crippen molar-refractivity contribution in [3.05, 3.63) is 0 Å². The predicted octanol–water partition coefficient (Wildman–Crippen LogP) is -0.0481. The second kappa shape index (κ2) is 6.47. The number of amides is 2. The number of hydrogen-bond acceptors (Lipinski definition) is 7. The van der Waals surface area contributed by atoms with Gasteiger partial charge in [-0.1, -0.05) is 0 Å². The molecule has 8 nitrogen and oxygen atoms in total. The van der Waals surface area contributed by atoms with Crippen molar-refractivity contribution in [2.24, 2.45) is 0 Å². The third-order valence-electron chi connectivity index (χ3n) is 2.06. The van der Waals surface area contributed by atoms with Gasteiger partial charge in [0.15, 0.2) is 0 Å². The topological polar surface area (TPSA) is 99.2 Å². The van der Waals surface area contributed by atoms with Gasteiger partial charge in [0.1, 0.15) is 18.8 Å². The quantitative estimate of drug-likeness (QED) is 0.516. The molecule has 0 spiro atoms. The minimum atomic E-state index is -0.933. The SMILES string of the molecule is CC(C)(C)OC(=O)COCC(=O)ON1C(=O)CCC1=O. The van der Waals surface area contributed by atoms with Gasteiger partial charge in [0.2, 0.25) is 0 Å². The smallest absolute Gasteiger partial charge is 0.358 e. The molecule has 1 fully saturated rings. The number of hydrogen-bond donors (Lipinski definition) is 0. The Morgan fingerprint density at radius 1 is 1.05 bits per heavy atom. The summed E-state index contributed by atoms with van der Waals surface area (Å²) in [5.41, 5.74) is -0.644. The highest BCUT2D eigenvalue weighted by Crippen LogP contribution is 2.12. The largest absolute Gasteiger partial charge is 0.458 e. The molecule has 2 amide bonds. The highest BCUT2D eigenvalue weighted by molar-refractivity contribution is 6.01. The summed E-state index contributed by atoms with van der Waals surface area (Å²) in [5.74, 6) is -2.71. The Morgan fingerprint density at radius 3 is 2.05 bits per heavy atom. The molecule has 1 aliphatic rings. The van der Waals surface area contributed by atoms with Gasteiger partial charge in [-0.25, -0.2) is 9.59 Å². The Hall–Kier alpha value is -1.96. The lowest BCUT2D eigenvalue weighted by atomic mass is 10.2. The lowest BCUT2D eigenvalue weighted by molar-refractivity contribution is -0.201. The van der Waals surface area contributed by atoms with Crippen LogP contribution in [0.3, 0.4) is 0 Å². The molecule has 0 unspecified atom stereocenters. The monoisotopic (exact) mass is 287 g/mol. The van der Waals surface area contributed by atoms with Crippen LogP contribution in [0.15, 0.2) is 0 Å². The second-order valence-corrected chi connectivity index (χ2v) is 5.12. The van der Waals surface area contributed by atoms with Gasteiger partial charge in [-0.2, -0.15) is 0 Å². The molecule has 112 valence electrons. The van der Waals surface area contributed by atoms with Crippen LogP contribution in [-0.4, -0.2) is 47.6 Å². The molecule has 0 atom stereocenters. The summed E-state index contributed by atoms with van der Waals surface area (Å²) in [6, 6.07) is 0. The molecular weight excluding hydrogens is 270 g/mol. The fourth-order valence-electron chi connectivity index (χ4n) is 1.37. The zero-order valence-corrected chi connectivity index (χ0v) is 11.6. The number of rotatable bonds is 5. The van der Waals surface area contributed by atoms with E-state index >= 15 is 0 Å². The van der Waals surface area contributed by atoms with E-state index in [2.05, 4.69) is 4.84 Å². The van der Waals surface area contributed by atoms with Gasteiger partial charge in [-0.15, -0.1) is 5.06 Å². The van der Waals surface area contributed by atoms with Crippen LogP contribution in [0.4, 0.5) is 0 Å². The first kappa shape index (κ1) is 16.1. The van der Waals surface area contributed by atoms with Crippen molar-refractivity contribution in [2.45, 2.75) is 39.2 Å². The van der Waals surface area contributed by atoms with Crippen LogP contribution in [0.25, 0.3) is 0 Å². The van der Waals surface area contributed by atoms with E-state index in [-0.39, 0.29) is 12.8 Å². The predicted molar refractivity (Wildman–Crippen MR) is 63.8 cm³/mol. The van der Waals surface area contributed by atoms with Gasteiger partial charge >= 0.3 is 11.9 Å². The first-order chi connectivity index (χ1) is 9.19. The number of imide groups is 1. The van der Waals surface area contributed by atoms with Crippen molar-refractivity contribution in [1.29, 1.82) is 0 Å². The standard InChI is InChI=1S/C12H17NO7/c1-12(2,3)19-10(16)6-18-7-11(17)20-13-8(14)4-5-9(13)15/h4-7H2,1-3H3. The van der Waals surface area contributed by atoms with Crippen molar-refractivity contribution < 1.29 is 33.5 Å². The van der Waals surface area contributed by atoms with Crippen LogP contribution in [0, 0.1) is 0 Å². The molecule has 0 aromatic rings. The third-order valence-corrected chi connectivity index (χ3v) is 2.06. The molecule has 1 rings (SSSR count). The number of nitrogens with zero attached hydrogens (tertiary/aromatic N) is 1. The molecule has 0 N–H and O–H groups in total. The maximum Gasteiger partial charge on any atom is 0.358 e. The maximum absolute atomic E-state index is 11.3. The Morgan fingerprint density at radius 2 is 1.55 bits per heavy atom. The first-order valence-corrected chi connectivity index (χ1v) is 6.05. The molecule has 0 bridgehead atoms. The van der Waals surface area contributed by atoms with Gasteiger partial charge in [0.05, 0.1) is 0 Å². The van der Waals surface area contributed by atoms with Gasteiger partial charge in [-0.3, -0.25) is 9.59 Å². The first-order valence-electron chi connectivity index (χ1n) is 6.05. The zero-order chi connectivity index (χ0) is 15.3. The van der Waals surface area contributed by atoms with E-state index in [0.29, 0.717) is 5.06 Å². The number of ether oxygens (including phenoxy) is 2. The van der Waals surface area contributed by atoms with Crippen molar-refractivity contribution in [3.63, 3.8) is 0 Å². The molecule has 1 aliphatic heterocycles. The summed E-state index contributed by atoms with van der Waals surface area (Å²) in [4.78, 5) is 49.5. The van der Waals surface area contributed by atoms with Crippen LogP contribution in [0.2, 0.25) is 0 Å². The Balaban J connectivity index is 2.25. The maximum atomic E-state index is 11.3. The van der Waals surface area contributed by atoms with Crippen LogP contribution in [0.1, 0.15) is 33.6 Å². The van der Waals surface area contributed by atoms with Crippen molar-refractivity contribution in [1.82, 2.24) is 5.06 Å². The second-order valence-electron chi connectivity index (χ2n) is 5.12. The highest BCUT2D eigenvalue weighted by atomic mass is 16.7. The van der Waals surface area contributed by atoms with E-state index in [1.807, 2.05) is 0 Å². The lowest BCUT2D eigenvalue weighted by Crippen LogP contribution is -2.34. The van der Waals surface area contributed by atoms with Crippen LogP contribution < -0.4 is 0 Å². The number of carbonyl (C=O) groups is 4. The molecular formula is C12H17NO7. The molecule has 1 heterocycles. The fraction of sp³-hybridized carbons (Fsp3) is 0.667. The minimum absolute atomic E-state index is 0.0187. The van der Waals surface area contributed by atoms with E-state index in [1.165, 1.54) is 0 Å². The van der Waals surface area contributed by atoms with Gasteiger partial charge < -0.3 is 14.3 Å². The summed E-state index contributed by atoms with van der Waals surface area (Å²) >= 11 is 0. The van der Waals surface area contributed by atoms with E-state index in [4.69, 9.17) is 9.47 Å². The molecule has 0 aromatic carbocycles. The normalized spacial score (nSPS) is 15.4. The summed E-state index contributed by atoms with van der Waals surface area (Å²) < 4.78 is 9.74. The molecule has 0 aliphatic carbocycles. The van der Waals surface area contributed by atoms with E-state index < -0.39 is 42.6 Å². The molecule has 0 radical (unpaired) electrons. The Kier molecular flexibility index (Phi) is 5.20. The van der Waals surface area contributed by atoms with Gasteiger partial charge in [0, 0.05) is 12.8 Å². The van der Waals surface area contributed by atoms with E-state index in [0.717, 1.165) is 0 Å². The average Bonchev–Trinajstić information content (AvgIpc) is 2.58. The molecule has 1 saturated heterocycles. The summed E-state index contributed by atoms with van der Waals surface area (Å²) in [6.07, 6.45) is 0.0375. The van der Waals surface area contributed by atoms with Crippen molar-refractivity contribution in [3.8, 4) is 0 Å². The average molecular weight is 287 g/mol. The van der Waals surface area contributed by atoms with Crippen molar-refractivity contribution >= 4 is 23.8 Å². The van der Waals surface area contributed by atoms with Crippen LogP contribution in [0.5, 0.6) is 0 Å². The van der Waals surface area contributed by atoms with E-state index in [1.54, 1.807) is 20.8 Å². The number of hydroxylamine groups is 2. The third kappa shape index (κ3) is 5.35. The summed E-state index contributed by atoms with van der Waals surface area (Å²) in [7, 11) is 0. The summed E-state index contributed by atoms with van der Waals surface area (Å²) in [5, 5.41) is 0.416. The van der Waals surface area contributed by atoms with Gasteiger partial charge in [-0.05, 0) is 20.8 Å². The molecule has 0 saturated carbocycles. The van der Waals surface area contributed by atoms with Crippen LogP contribution in [-0.2, 0) is 33.5 Å². The number of esters is 1. The molecule has 0 aromatic heterocycles. The molecule has 8 heteroatoms. The zero-order valence-electron chi connectivity index (χ0n) is 11.6. The molecule has 20 heavy (non-hydrogen) atoms. The summed E-state index contributed by atoms with van der Waals surface area (Å²) in [6.45, 7) is 4.11. The lowest BCUT2D eigenvalue weighted by Gasteiger charge is -2.19. The van der Waals surface area contributed by atoms with E-state index in [9.17, 15) is 19.2 Å². The highest BCUT2D eigenvalue weighted by Gasteiger charge is 2.32. The Labute approximate surface area is 115 Å². The van der Waals surface area contributed by atoms with Crippen LogP contribution >= 0.6 is 0 Å².